The standard InChI is InChI=1S/C23H29F2N5O/c1-16-13-21(28-23(26-16)27-19-5-3-2-4-6-19)29-9-11-30(12-10-29)22(31)14-17-7-8-18(24)15-20(17)25/h7-8,13,15,19H,2-6,9-12,14H2,1H3,(H,26,27,28). The molecule has 1 amide bonds. The molecule has 2 heterocycles. The molecule has 2 aliphatic rings. The Morgan fingerprint density at radius 1 is 1.06 bits per heavy atom. The molecule has 1 aromatic heterocycles. The van der Waals surface area contributed by atoms with Crippen LogP contribution in [0, 0.1) is 18.6 Å². The second-order valence-electron chi connectivity index (χ2n) is 8.45. The molecule has 1 saturated heterocycles. The number of amides is 1. The lowest BCUT2D eigenvalue weighted by Gasteiger charge is -2.35. The number of hydrogen-bond acceptors (Lipinski definition) is 5. The van der Waals surface area contributed by atoms with Crippen LogP contribution in [-0.2, 0) is 11.2 Å². The SMILES string of the molecule is Cc1cc(N2CCN(C(=O)Cc3ccc(F)cc3F)CC2)nc(NC2CCCCC2)n1. The zero-order valence-electron chi connectivity index (χ0n) is 17.9. The molecule has 8 heteroatoms. The van der Waals surface area contributed by atoms with Gasteiger partial charge >= 0.3 is 0 Å². The number of hydrogen-bond donors (Lipinski definition) is 1. The van der Waals surface area contributed by atoms with E-state index in [1.807, 2.05) is 13.0 Å². The summed E-state index contributed by atoms with van der Waals surface area (Å²) in [6.45, 7) is 4.34. The molecular formula is C23H29F2N5O. The predicted octanol–water partition coefficient (Wildman–Crippen LogP) is 3.70. The highest BCUT2D eigenvalue weighted by atomic mass is 19.1. The maximum Gasteiger partial charge on any atom is 0.227 e. The summed E-state index contributed by atoms with van der Waals surface area (Å²) in [6.07, 6.45) is 6.04. The summed E-state index contributed by atoms with van der Waals surface area (Å²) in [6, 6.07) is 5.74. The van der Waals surface area contributed by atoms with Gasteiger partial charge in [-0.2, -0.15) is 4.98 Å². The van der Waals surface area contributed by atoms with Crippen molar-refractivity contribution in [3.8, 4) is 0 Å². The fourth-order valence-corrected chi connectivity index (χ4v) is 4.33. The first-order valence-corrected chi connectivity index (χ1v) is 11.1. The number of carbonyl (C=O) groups excluding carboxylic acids is 1. The topological polar surface area (TPSA) is 61.4 Å². The van der Waals surface area contributed by atoms with Gasteiger partial charge in [0.05, 0.1) is 6.42 Å². The van der Waals surface area contributed by atoms with Crippen molar-refractivity contribution < 1.29 is 13.6 Å². The molecule has 1 N–H and O–H groups in total. The van der Waals surface area contributed by atoms with Gasteiger partial charge in [-0.15, -0.1) is 0 Å². The molecule has 6 nitrogen and oxygen atoms in total. The van der Waals surface area contributed by atoms with E-state index in [0.717, 1.165) is 30.4 Å². The number of aromatic nitrogens is 2. The number of halogens is 2. The van der Waals surface area contributed by atoms with Gasteiger partial charge in [-0.1, -0.05) is 25.3 Å². The summed E-state index contributed by atoms with van der Waals surface area (Å²) >= 11 is 0. The van der Waals surface area contributed by atoms with E-state index in [9.17, 15) is 13.6 Å². The minimum absolute atomic E-state index is 0.0613. The third-order valence-corrected chi connectivity index (χ3v) is 6.09. The first-order chi connectivity index (χ1) is 15.0. The summed E-state index contributed by atoms with van der Waals surface area (Å²) in [5.74, 6) is 0.0691. The third-order valence-electron chi connectivity index (χ3n) is 6.09. The number of rotatable bonds is 5. The largest absolute Gasteiger partial charge is 0.353 e. The van der Waals surface area contributed by atoms with E-state index in [0.29, 0.717) is 38.2 Å². The highest BCUT2D eigenvalue weighted by Gasteiger charge is 2.24. The predicted molar refractivity (Wildman–Crippen MR) is 116 cm³/mol. The molecule has 2 aromatic rings. The molecule has 4 rings (SSSR count). The Morgan fingerprint density at radius 2 is 1.81 bits per heavy atom. The zero-order chi connectivity index (χ0) is 21.8. The molecule has 2 fully saturated rings. The molecule has 166 valence electrons. The Morgan fingerprint density at radius 3 is 2.52 bits per heavy atom. The second-order valence-corrected chi connectivity index (χ2v) is 8.45. The van der Waals surface area contributed by atoms with Crippen molar-refractivity contribution in [2.24, 2.45) is 0 Å². The van der Waals surface area contributed by atoms with Crippen LogP contribution in [0.5, 0.6) is 0 Å². The van der Waals surface area contributed by atoms with E-state index in [4.69, 9.17) is 4.98 Å². The number of carbonyl (C=O) groups is 1. The van der Waals surface area contributed by atoms with Gasteiger partial charge in [-0.3, -0.25) is 4.79 Å². The van der Waals surface area contributed by atoms with Crippen molar-refractivity contribution in [2.45, 2.75) is 51.5 Å². The Labute approximate surface area is 181 Å². The van der Waals surface area contributed by atoms with Gasteiger partial charge in [0.15, 0.2) is 0 Å². The Balaban J connectivity index is 1.35. The van der Waals surface area contributed by atoms with Gasteiger partial charge in [0.1, 0.15) is 17.5 Å². The van der Waals surface area contributed by atoms with E-state index in [1.165, 1.54) is 31.4 Å². The third kappa shape index (κ3) is 5.48. The Bertz CT molecular complexity index is 924. The molecule has 1 saturated carbocycles. The van der Waals surface area contributed by atoms with Crippen LogP contribution in [0.3, 0.4) is 0 Å². The highest BCUT2D eigenvalue weighted by molar-refractivity contribution is 5.79. The maximum atomic E-state index is 13.9. The number of aryl methyl sites for hydroxylation is 1. The maximum absolute atomic E-state index is 13.9. The van der Waals surface area contributed by atoms with Gasteiger partial charge in [0.25, 0.3) is 0 Å². The second kappa shape index (κ2) is 9.58. The van der Waals surface area contributed by atoms with E-state index in [-0.39, 0.29) is 17.9 Å². The smallest absolute Gasteiger partial charge is 0.227 e. The minimum Gasteiger partial charge on any atom is -0.353 e. The van der Waals surface area contributed by atoms with Crippen LogP contribution >= 0.6 is 0 Å². The van der Waals surface area contributed by atoms with Crippen molar-refractivity contribution >= 4 is 17.7 Å². The number of nitrogens with one attached hydrogen (secondary N) is 1. The van der Waals surface area contributed by atoms with Crippen LogP contribution in [-0.4, -0.2) is 53.0 Å². The van der Waals surface area contributed by atoms with Crippen molar-refractivity contribution in [2.75, 3.05) is 36.4 Å². The average Bonchev–Trinajstić information content (AvgIpc) is 2.76. The summed E-state index contributed by atoms with van der Waals surface area (Å²) in [4.78, 5) is 25.8. The number of nitrogens with zero attached hydrogens (tertiary/aromatic N) is 4. The van der Waals surface area contributed by atoms with Crippen molar-refractivity contribution in [3.05, 3.63) is 47.2 Å². The molecule has 0 atom stereocenters. The lowest BCUT2D eigenvalue weighted by atomic mass is 9.96. The minimum atomic E-state index is -0.679. The van der Waals surface area contributed by atoms with Crippen LogP contribution in [0.4, 0.5) is 20.5 Å². The van der Waals surface area contributed by atoms with Crippen LogP contribution in [0.2, 0.25) is 0 Å². The number of benzene rings is 1. The number of anilines is 2. The lowest BCUT2D eigenvalue weighted by Crippen LogP contribution is -2.49. The molecule has 0 spiro atoms. The lowest BCUT2D eigenvalue weighted by molar-refractivity contribution is -0.130. The molecule has 0 bridgehead atoms. The van der Waals surface area contributed by atoms with Crippen LogP contribution in [0.1, 0.15) is 43.4 Å². The summed E-state index contributed by atoms with van der Waals surface area (Å²) in [5.41, 5.74) is 1.13. The van der Waals surface area contributed by atoms with Crippen molar-refractivity contribution in [1.29, 1.82) is 0 Å². The van der Waals surface area contributed by atoms with Gasteiger partial charge in [-0.25, -0.2) is 13.8 Å². The normalized spacial score (nSPS) is 17.6. The van der Waals surface area contributed by atoms with E-state index < -0.39 is 11.6 Å². The average molecular weight is 430 g/mol. The van der Waals surface area contributed by atoms with Crippen LogP contribution < -0.4 is 10.2 Å². The Kier molecular flexibility index (Phi) is 6.63. The highest BCUT2D eigenvalue weighted by Crippen LogP contribution is 2.22. The summed E-state index contributed by atoms with van der Waals surface area (Å²) < 4.78 is 26.9. The molecule has 0 radical (unpaired) electrons. The van der Waals surface area contributed by atoms with Gasteiger partial charge in [0.2, 0.25) is 11.9 Å². The summed E-state index contributed by atoms with van der Waals surface area (Å²) in [5, 5.41) is 3.49. The van der Waals surface area contributed by atoms with Gasteiger partial charge in [0, 0.05) is 50.0 Å². The molecule has 1 aliphatic carbocycles. The Hall–Kier alpha value is -2.77. The molecule has 1 aromatic carbocycles. The van der Waals surface area contributed by atoms with Gasteiger partial charge in [-0.05, 0) is 31.4 Å². The molecular weight excluding hydrogens is 400 g/mol. The fraction of sp³-hybridized carbons (Fsp3) is 0.522. The van der Waals surface area contributed by atoms with Crippen LogP contribution in [0.15, 0.2) is 24.3 Å². The number of piperazine rings is 1. The molecule has 0 unspecified atom stereocenters. The van der Waals surface area contributed by atoms with E-state index in [1.54, 1.807) is 4.90 Å². The van der Waals surface area contributed by atoms with Crippen molar-refractivity contribution in [3.63, 3.8) is 0 Å². The quantitative estimate of drug-likeness (QED) is 0.785. The first kappa shape index (κ1) is 21.5. The van der Waals surface area contributed by atoms with E-state index >= 15 is 0 Å². The van der Waals surface area contributed by atoms with Crippen LogP contribution in [0.25, 0.3) is 0 Å². The summed E-state index contributed by atoms with van der Waals surface area (Å²) in [7, 11) is 0. The van der Waals surface area contributed by atoms with E-state index in [2.05, 4.69) is 15.2 Å². The fourth-order valence-electron chi connectivity index (χ4n) is 4.33. The first-order valence-electron chi connectivity index (χ1n) is 11.1. The van der Waals surface area contributed by atoms with Gasteiger partial charge < -0.3 is 15.1 Å². The molecule has 1 aliphatic heterocycles. The monoisotopic (exact) mass is 429 g/mol. The zero-order valence-corrected chi connectivity index (χ0v) is 17.9. The molecule has 31 heavy (non-hydrogen) atoms. The van der Waals surface area contributed by atoms with Crippen molar-refractivity contribution in [1.82, 2.24) is 14.9 Å².